The largest absolute Gasteiger partial charge is 0.317 e. The number of amides is 1. The summed E-state index contributed by atoms with van der Waals surface area (Å²) in [6, 6.07) is 8.30. The predicted octanol–water partition coefficient (Wildman–Crippen LogP) is 2.91. The molecule has 2 heterocycles. The van der Waals surface area contributed by atoms with Crippen LogP contribution in [0.1, 0.15) is 26.2 Å². The van der Waals surface area contributed by atoms with Crippen LogP contribution in [0.4, 0.5) is 5.69 Å². The van der Waals surface area contributed by atoms with Gasteiger partial charge in [-0.15, -0.1) is 11.8 Å². The van der Waals surface area contributed by atoms with Gasteiger partial charge in [0.25, 0.3) is 0 Å². The second-order valence-electron chi connectivity index (χ2n) is 5.66. The second-order valence-corrected chi connectivity index (χ2v) is 6.79. The van der Waals surface area contributed by atoms with Gasteiger partial charge in [-0.3, -0.25) is 4.79 Å². The molecule has 20 heavy (non-hydrogen) atoms. The molecule has 0 spiro atoms. The third kappa shape index (κ3) is 2.35. The third-order valence-corrected chi connectivity index (χ3v) is 5.71. The van der Waals surface area contributed by atoms with Gasteiger partial charge in [0.2, 0.25) is 5.91 Å². The number of nitrogens with one attached hydrogen (secondary N) is 1. The van der Waals surface area contributed by atoms with E-state index < -0.39 is 0 Å². The van der Waals surface area contributed by atoms with Crippen molar-refractivity contribution in [3.63, 3.8) is 0 Å². The molecular formula is C16H22N2OS. The Labute approximate surface area is 125 Å². The number of nitrogens with zero attached hydrogens (tertiary/aromatic N) is 1. The molecule has 0 bridgehead atoms. The Morgan fingerprint density at radius 2 is 2.10 bits per heavy atom. The molecule has 2 aliphatic heterocycles. The minimum atomic E-state index is -0.152. The van der Waals surface area contributed by atoms with Crippen LogP contribution < -0.4 is 10.2 Å². The first-order chi connectivity index (χ1) is 9.77. The van der Waals surface area contributed by atoms with Gasteiger partial charge in [0.1, 0.15) is 0 Å². The maximum absolute atomic E-state index is 13.2. The number of thioether (sulfide) groups is 1. The lowest BCUT2D eigenvalue weighted by Gasteiger charge is -2.41. The van der Waals surface area contributed by atoms with E-state index in [0.717, 1.165) is 50.3 Å². The summed E-state index contributed by atoms with van der Waals surface area (Å²) in [6.45, 7) is 4.93. The first-order valence-corrected chi connectivity index (χ1v) is 8.50. The van der Waals surface area contributed by atoms with Crippen molar-refractivity contribution in [3.8, 4) is 0 Å². The smallest absolute Gasteiger partial charge is 0.233 e. The van der Waals surface area contributed by atoms with Crippen molar-refractivity contribution in [1.82, 2.24) is 5.32 Å². The molecule has 4 heteroatoms. The van der Waals surface area contributed by atoms with Crippen LogP contribution in [-0.2, 0) is 4.79 Å². The molecule has 108 valence electrons. The zero-order valence-electron chi connectivity index (χ0n) is 12.0. The number of hydrogen-bond donors (Lipinski definition) is 1. The molecule has 0 radical (unpaired) electrons. The first-order valence-electron chi connectivity index (χ1n) is 7.51. The number of carbonyl (C=O) groups excluding carboxylic acids is 1. The van der Waals surface area contributed by atoms with Gasteiger partial charge in [0.15, 0.2) is 0 Å². The van der Waals surface area contributed by atoms with Crippen LogP contribution in [0.15, 0.2) is 29.2 Å². The molecule has 1 N–H and O–H groups in total. The third-order valence-electron chi connectivity index (χ3n) is 4.66. The summed E-state index contributed by atoms with van der Waals surface area (Å²) in [7, 11) is 0. The molecule has 0 unspecified atom stereocenters. The fourth-order valence-electron chi connectivity index (χ4n) is 3.29. The number of para-hydroxylation sites is 1. The average molecular weight is 290 g/mol. The first kappa shape index (κ1) is 14.0. The maximum atomic E-state index is 13.2. The number of anilines is 1. The molecule has 1 fully saturated rings. The van der Waals surface area contributed by atoms with Crippen LogP contribution in [-0.4, -0.2) is 31.3 Å². The summed E-state index contributed by atoms with van der Waals surface area (Å²) in [5.74, 6) is 1.34. The van der Waals surface area contributed by atoms with E-state index in [2.05, 4.69) is 30.4 Å². The van der Waals surface area contributed by atoms with Crippen molar-refractivity contribution in [2.24, 2.45) is 5.41 Å². The molecule has 0 saturated carbocycles. The molecule has 1 aromatic carbocycles. The van der Waals surface area contributed by atoms with Crippen molar-refractivity contribution < 1.29 is 4.79 Å². The number of fused-ring (bicyclic) bond motifs is 1. The van der Waals surface area contributed by atoms with Crippen molar-refractivity contribution in [2.45, 2.75) is 31.1 Å². The standard InChI is InChI=1S/C16H22N2OS/c1-2-16(7-9-17-10-8-16)15(19)18-11-12-20-14-6-4-3-5-13(14)18/h3-6,17H,2,7-12H2,1H3. The topological polar surface area (TPSA) is 32.3 Å². The van der Waals surface area contributed by atoms with Gasteiger partial charge < -0.3 is 10.2 Å². The molecule has 3 rings (SSSR count). The molecule has 1 amide bonds. The number of hydrogen-bond acceptors (Lipinski definition) is 3. The monoisotopic (exact) mass is 290 g/mol. The maximum Gasteiger partial charge on any atom is 0.233 e. The lowest BCUT2D eigenvalue weighted by atomic mass is 9.75. The van der Waals surface area contributed by atoms with Crippen LogP contribution in [0, 0.1) is 5.41 Å². The van der Waals surface area contributed by atoms with Gasteiger partial charge in [0, 0.05) is 17.2 Å². The van der Waals surface area contributed by atoms with E-state index in [-0.39, 0.29) is 5.41 Å². The summed E-state index contributed by atoms with van der Waals surface area (Å²) in [6.07, 6.45) is 2.88. The zero-order valence-corrected chi connectivity index (χ0v) is 12.8. The fourth-order valence-corrected chi connectivity index (χ4v) is 4.29. The minimum absolute atomic E-state index is 0.152. The Balaban J connectivity index is 1.91. The van der Waals surface area contributed by atoms with Crippen LogP contribution in [0.2, 0.25) is 0 Å². The predicted molar refractivity (Wildman–Crippen MR) is 84.3 cm³/mol. The van der Waals surface area contributed by atoms with Crippen molar-refractivity contribution >= 4 is 23.4 Å². The molecular weight excluding hydrogens is 268 g/mol. The molecule has 0 aliphatic carbocycles. The van der Waals surface area contributed by atoms with E-state index in [9.17, 15) is 4.79 Å². The van der Waals surface area contributed by atoms with Gasteiger partial charge in [0.05, 0.1) is 11.1 Å². The Hall–Kier alpha value is -1.00. The number of rotatable bonds is 2. The lowest BCUT2D eigenvalue weighted by Crippen LogP contribution is -2.50. The van der Waals surface area contributed by atoms with E-state index in [0.29, 0.717) is 5.91 Å². The quantitative estimate of drug-likeness (QED) is 0.909. The summed E-state index contributed by atoms with van der Waals surface area (Å²) < 4.78 is 0. The summed E-state index contributed by atoms with van der Waals surface area (Å²) in [4.78, 5) is 16.4. The van der Waals surface area contributed by atoms with Crippen LogP contribution in [0.25, 0.3) is 0 Å². The minimum Gasteiger partial charge on any atom is -0.317 e. The highest BCUT2D eigenvalue weighted by atomic mass is 32.2. The number of benzene rings is 1. The van der Waals surface area contributed by atoms with Crippen molar-refractivity contribution in [2.75, 3.05) is 30.3 Å². The normalized spacial score (nSPS) is 21.4. The number of piperidine rings is 1. The summed E-state index contributed by atoms with van der Waals surface area (Å²) in [5, 5.41) is 3.38. The molecule has 0 aromatic heterocycles. The van der Waals surface area contributed by atoms with Crippen LogP contribution in [0.5, 0.6) is 0 Å². The van der Waals surface area contributed by atoms with E-state index in [1.807, 2.05) is 22.7 Å². The van der Waals surface area contributed by atoms with Crippen molar-refractivity contribution in [3.05, 3.63) is 24.3 Å². The highest BCUT2D eigenvalue weighted by Gasteiger charge is 2.41. The highest BCUT2D eigenvalue weighted by molar-refractivity contribution is 7.99. The molecule has 1 saturated heterocycles. The highest BCUT2D eigenvalue weighted by Crippen LogP contribution is 2.40. The van der Waals surface area contributed by atoms with Gasteiger partial charge in [-0.25, -0.2) is 0 Å². The van der Waals surface area contributed by atoms with E-state index in [1.165, 1.54) is 4.90 Å². The lowest BCUT2D eigenvalue weighted by molar-refractivity contribution is -0.130. The summed E-state index contributed by atoms with van der Waals surface area (Å²) >= 11 is 1.86. The van der Waals surface area contributed by atoms with Gasteiger partial charge in [-0.1, -0.05) is 19.1 Å². The zero-order chi connectivity index (χ0) is 14.0. The number of carbonyl (C=O) groups is 1. The van der Waals surface area contributed by atoms with E-state index in [4.69, 9.17) is 0 Å². The van der Waals surface area contributed by atoms with Gasteiger partial charge in [-0.2, -0.15) is 0 Å². The van der Waals surface area contributed by atoms with Crippen LogP contribution >= 0.6 is 11.8 Å². The van der Waals surface area contributed by atoms with E-state index in [1.54, 1.807) is 0 Å². The second kappa shape index (κ2) is 5.78. The van der Waals surface area contributed by atoms with Crippen molar-refractivity contribution in [1.29, 1.82) is 0 Å². The Morgan fingerprint density at radius 1 is 1.35 bits per heavy atom. The Bertz CT molecular complexity index is 497. The van der Waals surface area contributed by atoms with Crippen LogP contribution in [0.3, 0.4) is 0 Å². The van der Waals surface area contributed by atoms with E-state index >= 15 is 0 Å². The Kier molecular flexibility index (Phi) is 4.03. The van der Waals surface area contributed by atoms with Gasteiger partial charge >= 0.3 is 0 Å². The average Bonchev–Trinajstić information content (AvgIpc) is 2.54. The SMILES string of the molecule is CCC1(C(=O)N2CCSc3ccccc32)CCNCC1. The fraction of sp³-hybridized carbons (Fsp3) is 0.562. The molecule has 0 atom stereocenters. The molecule has 3 nitrogen and oxygen atoms in total. The van der Waals surface area contributed by atoms with Gasteiger partial charge in [-0.05, 0) is 44.5 Å². The Morgan fingerprint density at radius 3 is 2.85 bits per heavy atom. The molecule has 1 aromatic rings. The molecule has 2 aliphatic rings. The summed E-state index contributed by atoms with van der Waals surface area (Å²) in [5.41, 5.74) is 0.959.